The second kappa shape index (κ2) is 6.66. The predicted molar refractivity (Wildman–Crippen MR) is 93.8 cm³/mol. The number of rotatable bonds is 4. The van der Waals surface area contributed by atoms with Crippen molar-refractivity contribution in [1.29, 1.82) is 0 Å². The van der Waals surface area contributed by atoms with Gasteiger partial charge in [-0.25, -0.2) is 9.48 Å². The fourth-order valence-electron chi connectivity index (χ4n) is 2.40. The molecular weight excluding hydrogens is 367 g/mol. The molecule has 8 heteroatoms. The molecule has 0 aliphatic heterocycles. The first-order valence-electron chi connectivity index (χ1n) is 7.10. The first-order chi connectivity index (χ1) is 11.9. The van der Waals surface area contributed by atoms with Crippen LogP contribution in [0.15, 0.2) is 47.3 Å². The van der Waals surface area contributed by atoms with Crippen molar-refractivity contribution in [3.05, 3.63) is 74.1 Å². The Morgan fingerprint density at radius 1 is 1.04 bits per heavy atom. The molecule has 6 nitrogen and oxygen atoms in total. The van der Waals surface area contributed by atoms with Gasteiger partial charge in [0.15, 0.2) is 11.5 Å². The maximum Gasteiger partial charge on any atom is 0.357 e. The van der Waals surface area contributed by atoms with Crippen LogP contribution in [-0.2, 0) is 6.54 Å². The van der Waals surface area contributed by atoms with Crippen LogP contribution in [0.2, 0.25) is 10.0 Å². The lowest BCUT2D eigenvalue weighted by atomic mass is 10.1. The zero-order chi connectivity index (χ0) is 18.1. The molecule has 0 amide bonds. The SMILES string of the molecule is O=C(Cn1nc(C(=O)O)c2ccccc2c1=O)c1ccc(Cl)c(Cl)c1. The second-order valence-corrected chi connectivity index (χ2v) is 6.03. The van der Waals surface area contributed by atoms with E-state index in [9.17, 15) is 19.5 Å². The number of carbonyl (C=O) groups excluding carboxylic acids is 1. The minimum atomic E-state index is -1.29. The summed E-state index contributed by atoms with van der Waals surface area (Å²) in [4.78, 5) is 36.3. The normalized spacial score (nSPS) is 10.8. The fourth-order valence-corrected chi connectivity index (χ4v) is 2.70. The van der Waals surface area contributed by atoms with Crippen molar-refractivity contribution < 1.29 is 14.7 Å². The molecule has 1 heterocycles. The number of carbonyl (C=O) groups is 2. The van der Waals surface area contributed by atoms with Gasteiger partial charge in [-0.2, -0.15) is 5.10 Å². The van der Waals surface area contributed by atoms with E-state index in [4.69, 9.17) is 23.2 Å². The van der Waals surface area contributed by atoms with Crippen LogP contribution in [-0.4, -0.2) is 26.6 Å². The predicted octanol–water partition coefficient (Wildman–Crippen LogP) is 3.28. The van der Waals surface area contributed by atoms with Gasteiger partial charge in [-0.15, -0.1) is 0 Å². The zero-order valence-corrected chi connectivity index (χ0v) is 14.1. The van der Waals surface area contributed by atoms with E-state index in [2.05, 4.69) is 5.10 Å². The lowest BCUT2D eigenvalue weighted by Crippen LogP contribution is -2.29. The molecule has 3 aromatic rings. The minimum Gasteiger partial charge on any atom is -0.476 e. The Bertz CT molecular complexity index is 1080. The third-order valence-corrected chi connectivity index (χ3v) is 4.34. The van der Waals surface area contributed by atoms with E-state index in [0.717, 1.165) is 4.68 Å². The number of carboxylic acids is 1. The molecule has 126 valence electrons. The highest BCUT2D eigenvalue weighted by Gasteiger charge is 2.18. The van der Waals surface area contributed by atoms with E-state index in [1.165, 1.54) is 30.3 Å². The Hall–Kier alpha value is -2.70. The van der Waals surface area contributed by atoms with Crippen LogP contribution in [0.1, 0.15) is 20.8 Å². The van der Waals surface area contributed by atoms with Gasteiger partial charge in [0, 0.05) is 10.9 Å². The molecule has 0 spiro atoms. The van der Waals surface area contributed by atoms with Gasteiger partial charge in [0.25, 0.3) is 5.56 Å². The molecule has 1 N–H and O–H groups in total. The van der Waals surface area contributed by atoms with Crippen LogP contribution in [0.4, 0.5) is 0 Å². The standard InChI is InChI=1S/C17H10Cl2N2O4/c18-12-6-5-9(7-13(12)19)14(22)8-21-16(23)11-4-2-1-3-10(11)15(20-21)17(24)25/h1-7H,8H2,(H,24,25). The van der Waals surface area contributed by atoms with Gasteiger partial charge in [0.2, 0.25) is 0 Å². The summed E-state index contributed by atoms with van der Waals surface area (Å²) in [5, 5.41) is 14.1. The average molecular weight is 377 g/mol. The molecule has 0 aliphatic rings. The number of ketones is 1. The summed E-state index contributed by atoms with van der Waals surface area (Å²) in [6.45, 7) is -0.415. The van der Waals surface area contributed by atoms with Crippen LogP contribution < -0.4 is 5.56 Å². The highest BCUT2D eigenvalue weighted by Crippen LogP contribution is 2.23. The van der Waals surface area contributed by atoms with E-state index in [1.807, 2.05) is 0 Å². The van der Waals surface area contributed by atoms with Crippen molar-refractivity contribution >= 4 is 45.7 Å². The summed E-state index contributed by atoms with van der Waals surface area (Å²) in [6, 6.07) is 10.5. The first-order valence-corrected chi connectivity index (χ1v) is 7.85. The second-order valence-electron chi connectivity index (χ2n) is 5.21. The average Bonchev–Trinajstić information content (AvgIpc) is 2.59. The maximum absolute atomic E-state index is 12.5. The number of Topliss-reactive ketones (excluding diaryl/α,β-unsaturated/α-hetero) is 1. The van der Waals surface area contributed by atoms with Gasteiger partial charge in [-0.3, -0.25) is 9.59 Å². The molecule has 0 atom stereocenters. The topological polar surface area (TPSA) is 89.3 Å². The Morgan fingerprint density at radius 3 is 2.36 bits per heavy atom. The molecule has 0 saturated carbocycles. The van der Waals surface area contributed by atoms with Gasteiger partial charge in [0.1, 0.15) is 6.54 Å². The van der Waals surface area contributed by atoms with Gasteiger partial charge in [-0.1, -0.05) is 41.4 Å². The quantitative estimate of drug-likeness (QED) is 0.705. The Labute approximate surface area is 151 Å². The number of nitrogens with zero attached hydrogens (tertiary/aromatic N) is 2. The lowest BCUT2D eigenvalue weighted by molar-refractivity contribution is 0.0688. The van der Waals surface area contributed by atoms with Crippen LogP contribution in [0, 0.1) is 0 Å². The van der Waals surface area contributed by atoms with Crippen molar-refractivity contribution in [2.75, 3.05) is 0 Å². The van der Waals surface area contributed by atoms with Crippen LogP contribution in [0.3, 0.4) is 0 Å². The van der Waals surface area contributed by atoms with E-state index < -0.39 is 23.9 Å². The van der Waals surface area contributed by atoms with Gasteiger partial charge >= 0.3 is 5.97 Å². The van der Waals surface area contributed by atoms with E-state index in [-0.39, 0.29) is 27.1 Å². The number of halogens is 2. The van der Waals surface area contributed by atoms with E-state index >= 15 is 0 Å². The van der Waals surface area contributed by atoms with Crippen molar-refractivity contribution in [3.63, 3.8) is 0 Å². The van der Waals surface area contributed by atoms with Crippen molar-refractivity contribution in [3.8, 4) is 0 Å². The molecule has 1 aromatic heterocycles. The van der Waals surface area contributed by atoms with Gasteiger partial charge in [-0.05, 0) is 24.3 Å². The van der Waals surface area contributed by atoms with E-state index in [0.29, 0.717) is 5.02 Å². The molecule has 0 fully saturated rings. The highest BCUT2D eigenvalue weighted by atomic mass is 35.5. The molecule has 0 saturated heterocycles. The van der Waals surface area contributed by atoms with Crippen LogP contribution >= 0.6 is 23.2 Å². The minimum absolute atomic E-state index is 0.178. The summed E-state index contributed by atoms with van der Waals surface area (Å²) < 4.78 is 0.844. The van der Waals surface area contributed by atoms with Crippen molar-refractivity contribution in [1.82, 2.24) is 9.78 Å². The summed E-state index contributed by atoms with van der Waals surface area (Å²) in [6.07, 6.45) is 0. The third kappa shape index (κ3) is 3.26. The van der Waals surface area contributed by atoms with Gasteiger partial charge in [0.05, 0.1) is 15.4 Å². The first kappa shape index (κ1) is 17.1. The van der Waals surface area contributed by atoms with Gasteiger partial charge < -0.3 is 5.11 Å². The summed E-state index contributed by atoms with van der Waals surface area (Å²) in [5.74, 6) is -1.73. The monoisotopic (exact) mass is 376 g/mol. The molecule has 3 rings (SSSR count). The molecular formula is C17H10Cl2N2O4. The molecule has 0 unspecified atom stereocenters. The van der Waals surface area contributed by atoms with Crippen molar-refractivity contribution in [2.45, 2.75) is 6.54 Å². The number of benzene rings is 2. The lowest BCUT2D eigenvalue weighted by Gasteiger charge is -2.09. The third-order valence-electron chi connectivity index (χ3n) is 3.61. The molecule has 0 aliphatic carbocycles. The number of fused-ring (bicyclic) bond motifs is 1. The molecule has 25 heavy (non-hydrogen) atoms. The fraction of sp³-hybridized carbons (Fsp3) is 0.0588. The number of aromatic carboxylic acids is 1. The number of hydrogen-bond donors (Lipinski definition) is 1. The Kier molecular flexibility index (Phi) is 4.57. The maximum atomic E-state index is 12.5. The molecule has 2 aromatic carbocycles. The highest BCUT2D eigenvalue weighted by molar-refractivity contribution is 6.42. The summed E-state index contributed by atoms with van der Waals surface area (Å²) >= 11 is 11.7. The summed E-state index contributed by atoms with van der Waals surface area (Å²) in [5.41, 5.74) is -0.598. The van der Waals surface area contributed by atoms with Crippen LogP contribution in [0.5, 0.6) is 0 Å². The summed E-state index contributed by atoms with van der Waals surface area (Å²) in [7, 11) is 0. The number of hydrogen-bond acceptors (Lipinski definition) is 4. The number of aromatic nitrogens is 2. The molecule has 0 radical (unpaired) electrons. The van der Waals surface area contributed by atoms with E-state index in [1.54, 1.807) is 12.1 Å². The largest absolute Gasteiger partial charge is 0.476 e. The van der Waals surface area contributed by atoms with Crippen LogP contribution in [0.25, 0.3) is 10.8 Å². The smallest absolute Gasteiger partial charge is 0.357 e. The zero-order valence-electron chi connectivity index (χ0n) is 12.6. The Morgan fingerprint density at radius 2 is 1.72 bits per heavy atom. The number of carboxylic acid groups (broad SMARTS) is 1. The van der Waals surface area contributed by atoms with Crippen molar-refractivity contribution in [2.24, 2.45) is 0 Å². The molecule has 0 bridgehead atoms. The Balaban J connectivity index is 2.08.